The van der Waals surface area contributed by atoms with E-state index < -0.39 is 27.2 Å². The molecule has 0 heterocycles. The van der Waals surface area contributed by atoms with E-state index in [9.17, 15) is 13.2 Å². The largest absolute Gasteiger partial charge is 0.469 e. The molecule has 0 aromatic carbocycles. The zero-order valence-electron chi connectivity index (χ0n) is 11.1. The fourth-order valence-electron chi connectivity index (χ4n) is 2.67. The van der Waals surface area contributed by atoms with Gasteiger partial charge in [-0.1, -0.05) is 20.3 Å². The summed E-state index contributed by atoms with van der Waals surface area (Å²) in [5.41, 5.74) is 0.0481. The predicted octanol–water partition coefficient (Wildman–Crippen LogP) is 1.05. The van der Waals surface area contributed by atoms with Crippen LogP contribution in [0.5, 0.6) is 0 Å². The van der Waals surface area contributed by atoms with Crippen molar-refractivity contribution in [2.24, 2.45) is 11.3 Å². The molecule has 104 valence electrons. The second-order valence-corrected chi connectivity index (χ2v) is 7.94. The van der Waals surface area contributed by atoms with Gasteiger partial charge in [-0.2, -0.15) is 0 Å². The van der Waals surface area contributed by atoms with Crippen molar-refractivity contribution in [2.45, 2.75) is 50.8 Å². The number of ether oxygens (including phenoxy) is 1. The van der Waals surface area contributed by atoms with Gasteiger partial charge in [0.2, 0.25) is 10.0 Å². The first-order valence-electron chi connectivity index (χ1n) is 6.37. The number of nitrogens with one attached hydrogen (secondary N) is 1. The number of carbonyl (C=O) groups excluding carboxylic acids is 1. The van der Waals surface area contributed by atoms with E-state index in [2.05, 4.69) is 9.46 Å². The number of hydrogen-bond acceptors (Lipinski definition) is 4. The third-order valence-electron chi connectivity index (χ3n) is 4.18. The van der Waals surface area contributed by atoms with Crippen LogP contribution in [-0.4, -0.2) is 32.8 Å². The van der Waals surface area contributed by atoms with Crippen LogP contribution in [0.4, 0.5) is 0 Å². The van der Waals surface area contributed by atoms with Crippen LogP contribution in [0.25, 0.3) is 0 Å². The second-order valence-electron chi connectivity index (χ2n) is 6.01. The SMILES string of the molecule is COC(=O)C1CCCC1S(=O)(=O)NC1CC1(C)C. The smallest absolute Gasteiger partial charge is 0.310 e. The highest BCUT2D eigenvalue weighted by Gasteiger charge is 2.50. The molecular weight excluding hydrogens is 254 g/mol. The highest BCUT2D eigenvalue weighted by atomic mass is 32.2. The van der Waals surface area contributed by atoms with Crippen LogP contribution in [0.1, 0.15) is 39.5 Å². The van der Waals surface area contributed by atoms with Crippen LogP contribution < -0.4 is 4.72 Å². The lowest BCUT2D eigenvalue weighted by Crippen LogP contribution is -2.41. The quantitative estimate of drug-likeness (QED) is 0.778. The summed E-state index contributed by atoms with van der Waals surface area (Å²) in [4.78, 5) is 11.6. The van der Waals surface area contributed by atoms with Gasteiger partial charge in [-0.25, -0.2) is 13.1 Å². The summed E-state index contributed by atoms with van der Waals surface area (Å²) in [5, 5.41) is -0.624. The summed E-state index contributed by atoms with van der Waals surface area (Å²) >= 11 is 0. The molecule has 2 rings (SSSR count). The van der Waals surface area contributed by atoms with E-state index in [1.807, 2.05) is 13.8 Å². The zero-order chi connectivity index (χ0) is 13.6. The van der Waals surface area contributed by atoms with E-state index in [0.717, 1.165) is 12.8 Å². The predicted molar refractivity (Wildman–Crippen MR) is 67.4 cm³/mol. The van der Waals surface area contributed by atoms with Gasteiger partial charge in [-0.3, -0.25) is 4.79 Å². The Morgan fingerprint density at radius 2 is 1.94 bits per heavy atom. The molecule has 5 nitrogen and oxygen atoms in total. The van der Waals surface area contributed by atoms with Gasteiger partial charge in [-0.05, 0) is 24.7 Å². The number of sulfonamides is 1. The molecule has 3 atom stereocenters. The molecule has 3 unspecified atom stereocenters. The van der Waals surface area contributed by atoms with E-state index in [0.29, 0.717) is 12.8 Å². The van der Waals surface area contributed by atoms with Crippen molar-refractivity contribution in [3.8, 4) is 0 Å². The Balaban J connectivity index is 2.07. The first kappa shape index (κ1) is 13.8. The van der Waals surface area contributed by atoms with E-state index in [1.165, 1.54) is 7.11 Å². The summed E-state index contributed by atoms with van der Waals surface area (Å²) in [6.45, 7) is 4.07. The molecule has 0 amide bonds. The third kappa shape index (κ3) is 2.54. The van der Waals surface area contributed by atoms with Crippen molar-refractivity contribution in [3.05, 3.63) is 0 Å². The van der Waals surface area contributed by atoms with E-state index in [1.54, 1.807) is 0 Å². The summed E-state index contributed by atoms with van der Waals surface area (Å²) in [6.07, 6.45) is 2.77. The van der Waals surface area contributed by atoms with Crippen molar-refractivity contribution < 1.29 is 17.9 Å². The van der Waals surface area contributed by atoms with Crippen molar-refractivity contribution in [1.82, 2.24) is 4.72 Å². The minimum absolute atomic E-state index is 0.0152. The topological polar surface area (TPSA) is 72.5 Å². The maximum Gasteiger partial charge on any atom is 0.310 e. The molecule has 2 aliphatic carbocycles. The molecule has 0 radical (unpaired) electrons. The van der Waals surface area contributed by atoms with Gasteiger partial charge in [0.15, 0.2) is 0 Å². The Hall–Kier alpha value is -0.620. The van der Waals surface area contributed by atoms with Crippen LogP contribution in [-0.2, 0) is 19.6 Å². The molecular formula is C12H21NO4S. The maximum absolute atomic E-state index is 12.3. The normalized spacial score (nSPS) is 34.3. The lowest BCUT2D eigenvalue weighted by Gasteiger charge is -2.19. The van der Waals surface area contributed by atoms with Crippen molar-refractivity contribution in [1.29, 1.82) is 0 Å². The number of rotatable bonds is 4. The zero-order valence-corrected chi connectivity index (χ0v) is 11.9. The molecule has 0 aliphatic heterocycles. The Labute approximate surface area is 108 Å². The third-order valence-corrected chi connectivity index (χ3v) is 6.15. The monoisotopic (exact) mass is 275 g/mol. The Bertz CT molecular complexity index is 443. The molecule has 18 heavy (non-hydrogen) atoms. The maximum atomic E-state index is 12.3. The molecule has 0 spiro atoms. The Kier molecular flexibility index (Phi) is 3.44. The molecule has 2 fully saturated rings. The van der Waals surface area contributed by atoms with E-state index in [-0.39, 0.29) is 11.5 Å². The van der Waals surface area contributed by atoms with Gasteiger partial charge >= 0.3 is 5.97 Å². The van der Waals surface area contributed by atoms with Crippen LogP contribution in [0.2, 0.25) is 0 Å². The first-order valence-corrected chi connectivity index (χ1v) is 7.91. The van der Waals surface area contributed by atoms with Crippen LogP contribution >= 0.6 is 0 Å². The number of esters is 1. The van der Waals surface area contributed by atoms with E-state index in [4.69, 9.17) is 0 Å². The van der Waals surface area contributed by atoms with Crippen molar-refractivity contribution in [3.63, 3.8) is 0 Å². The van der Waals surface area contributed by atoms with Crippen LogP contribution in [0, 0.1) is 11.3 Å². The lowest BCUT2D eigenvalue weighted by molar-refractivity contribution is -0.145. The van der Waals surface area contributed by atoms with Gasteiger partial charge in [0.05, 0.1) is 18.3 Å². The van der Waals surface area contributed by atoms with Crippen molar-refractivity contribution in [2.75, 3.05) is 7.11 Å². The summed E-state index contributed by atoms with van der Waals surface area (Å²) in [5.74, 6) is -0.910. The minimum atomic E-state index is -3.42. The van der Waals surface area contributed by atoms with E-state index >= 15 is 0 Å². The average Bonchev–Trinajstić information content (AvgIpc) is 2.70. The number of hydrogen-bond donors (Lipinski definition) is 1. The fourth-order valence-corrected chi connectivity index (χ4v) is 4.80. The highest BCUT2D eigenvalue weighted by Crippen LogP contribution is 2.45. The average molecular weight is 275 g/mol. The lowest BCUT2D eigenvalue weighted by atomic mass is 10.1. The Morgan fingerprint density at radius 1 is 1.33 bits per heavy atom. The molecule has 0 saturated heterocycles. The molecule has 2 saturated carbocycles. The molecule has 2 aliphatic rings. The van der Waals surface area contributed by atoms with Gasteiger partial charge in [-0.15, -0.1) is 0 Å². The summed E-state index contributed by atoms with van der Waals surface area (Å²) in [6, 6.07) is 0.0152. The minimum Gasteiger partial charge on any atom is -0.469 e. The molecule has 0 aromatic heterocycles. The second kappa shape index (κ2) is 4.49. The van der Waals surface area contributed by atoms with Crippen LogP contribution in [0.15, 0.2) is 0 Å². The highest BCUT2D eigenvalue weighted by molar-refractivity contribution is 7.90. The molecule has 0 aromatic rings. The number of methoxy groups -OCH3 is 1. The molecule has 6 heteroatoms. The summed E-state index contributed by atoms with van der Waals surface area (Å²) < 4.78 is 32.0. The van der Waals surface area contributed by atoms with Crippen LogP contribution in [0.3, 0.4) is 0 Å². The summed E-state index contributed by atoms with van der Waals surface area (Å²) in [7, 11) is -2.12. The fraction of sp³-hybridized carbons (Fsp3) is 0.917. The molecule has 0 bridgehead atoms. The van der Waals surface area contributed by atoms with Crippen molar-refractivity contribution >= 4 is 16.0 Å². The first-order chi connectivity index (χ1) is 8.28. The van der Waals surface area contributed by atoms with Gasteiger partial charge in [0.1, 0.15) is 0 Å². The number of carbonyl (C=O) groups is 1. The van der Waals surface area contributed by atoms with Gasteiger partial charge < -0.3 is 4.74 Å². The van der Waals surface area contributed by atoms with Gasteiger partial charge in [0, 0.05) is 6.04 Å². The Morgan fingerprint density at radius 3 is 2.44 bits per heavy atom. The van der Waals surface area contributed by atoms with Gasteiger partial charge in [0.25, 0.3) is 0 Å². The molecule has 1 N–H and O–H groups in total. The standard InChI is InChI=1S/C12H21NO4S/c1-12(2)7-10(12)13-18(15,16)9-6-4-5-8(9)11(14)17-3/h8-10,13H,4-7H2,1-3H3.